The van der Waals surface area contributed by atoms with E-state index in [0.29, 0.717) is 4.32 Å². The summed E-state index contributed by atoms with van der Waals surface area (Å²) in [4.78, 5) is 0. The van der Waals surface area contributed by atoms with E-state index in [0.717, 1.165) is 11.0 Å². The van der Waals surface area contributed by atoms with E-state index in [-0.39, 0.29) is 0 Å². The summed E-state index contributed by atoms with van der Waals surface area (Å²) in [6.45, 7) is 0.732. The Balaban J connectivity index is 2.53. The van der Waals surface area contributed by atoms with E-state index in [1.165, 1.54) is 5.56 Å². The molecule has 4 heteroatoms. The molecule has 1 nitrogen and oxygen atoms in total. The lowest BCUT2D eigenvalue weighted by Gasteiger charge is -2.02. The summed E-state index contributed by atoms with van der Waals surface area (Å²) in [5, 5.41) is 2.96. The van der Waals surface area contributed by atoms with E-state index in [4.69, 9.17) is 12.2 Å². The first kappa shape index (κ1) is 10.0. The van der Waals surface area contributed by atoms with Crippen molar-refractivity contribution in [2.75, 3.05) is 0 Å². The Morgan fingerprint density at radius 2 is 2.00 bits per heavy atom. The highest BCUT2D eigenvalue weighted by Gasteiger charge is 1.92. The lowest BCUT2D eigenvalue weighted by molar-refractivity contribution is 0.940. The van der Waals surface area contributed by atoms with Crippen LogP contribution in [0.4, 0.5) is 0 Å². The average Bonchev–Trinajstić information content (AvgIpc) is 2.03. The second kappa shape index (κ2) is 4.84. The minimum Gasteiger partial charge on any atom is -0.367 e. The molecule has 0 saturated carbocycles. The Morgan fingerprint density at radius 1 is 1.42 bits per heavy atom. The highest BCUT2D eigenvalue weighted by Crippen LogP contribution is 2.10. The van der Waals surface area contributed by atoms with E-state index in [1.54, 1.807) is 0 Å². The third-order valence-corrected chi connectivity index (χ3v) is 2.19. The minimum atomic E-state index is 0.526. The van der Waals surface area contributed by atoms with E-state index in [2.05, 4.69) is 33.9 Å². The molecule has 1 aromatic rings. The minimum absolute atomic E-state index is 0.526. The van der Waals surface area contributed by atoms with Crippen LogP contribution in [0.1, 0.15) is 5.56 Å². The van der Waals surface area contributed by atoms with Gasteiger partial charge in [-0.15, -0.1) is 12.6 Å². The van der Waals surface area contributed by atoms with Gasteiger partial charge in [-0.1, -0.05) is 40.3 Å². The van der Waals surface area contributed by atoms with Crippen LogP contribution in [0, 0.1) is 0 Å². The molecule has 0 saturated heterocycles. The van der Waals surface area contributed by atoms with Gasteiger partial charge in [-0.2, -0.15) is 0 Å². The molecule has 0 unspecified atom stereocenters. The molecule has 0 amide bonds. The van der Waals surface area contributed by atoms with Gasteiger partial charge in [0.25, 0.3) is 0 Å². The fourth-order valence-electron chi connectivity index (χ4n) is 0.780. The maximum absolute atomic E-state index is 4.76. The monoisotopic (exact) mass is 261 g/mol. The molecule has 0 aliphatic heterocycles. The molecule has 0 spiro atoms. The molecule has 0 aromatic heterocycles. The van der Waals surface area contributed by atoms with Crippen molar-refractivity contribution in [1.29, 1.82) is 0 Å². The Morgan fingerprint density at radius 3 is 2.50 bits per heavy atom. The standard InChI is InChI=1S/C8H8BrNS2/c9-7-3-1-6(2-4-7)5-10-8(11)12/h1-4H,5H2,(H2,10,11,12). The average molecular weight is 262 g/mol. The van der Waals surface area contributed by atoms with Gasteiger partial charge in [0.15, 0.2) is 0 Å². The van der Waals surface area contributed by atoms with Crippen molar-refractivity contribution >= 4 is 45.1 Å². The Kier molecular flexibility index (Phi) is 4.05. The maximum Gasteiger partial charge on any atom is 0.130 e. The van der Waals surface area contributed by atoms with Gasteiger partial charge in [0, 0.05) is 11.0 Å². The summed E-state index contributed by atoms with van der Waals surface area (Å²) < 4.78 is 1.61. The van der Waals surface area contributed by atoms with Gasteiger partial charge in [0.05, 0.1) is 0 Å². The normalized spacial score (nSPS) is 9.50. The van der Waals surface area contributed by atoms with Gasteiger partial charge in [0.1, 0.15) is 4.32 Å². The summed E-state index contributed by atoms with van der Waals surface area (Å²) in [6, 6.07) is 8.06. The molecule has 1 rings (SSSR count). The third-order valence-electron chi connectivity index (χ3n) is 1.36. The van der Waals surface area contributed by atoms with Crippen LogP contribution in [0.25, 0.3) is 0 Å². The number of thiol groups is 1. The largest absolute Gasteiger partial charge is 0.367 e. The SMILES string of the molecule is S=C(S)NCc1ccc(Br)cc1. The number of hydrogen-bond acceptors (Lipinski definition) is 1. The molecule has 0 atom stereocenters. The molecule has 0 aliphatic rings. The molecule has 64 valence electrons. The summed E-state index contributed by atoms with van der Waals surface area (Å²) in [6.07, 6.45) is 0. The molecule has 0 bridgehead atoms. The zero-order chi connectivity index (χ0) is 8.97. The summed E-state index contributed by atoms with van der Waals surface area (Å²) in [7, 11) is 0. The topological polar surface area (TPSA) is 12.0 Å². The molecular formula is C8H8BrNS2. The van der Waals surface area contributed by atoms with Gasteiger partial charge in [-0.3, -0.25) is 0 Å². The number of nitrogens with one attached hydrogen (secondary N) is 1. The lowest BCUT2D eigenvalue weighted by Crippen LogP contribution is -2.14. The van der Waals surface area contributed by atoms with Crippen LogP contribution in [0.5, 0.6) is 0 Å². The predicted molar refractivity (Wildman–Crippen MR) is 62.6 cm³/mol. The number of thiocarbonyl (C=S) groups is 1. The summed E-state index contributed by atoms with van der Waals surface area (Å²) in [5.41, 5.74) is 1.19. The fourth-order valence-corrected chi connectivity index (χ4v) is 1.20. The number of hydrogen-bond donors (Lipinski definition) is 2. The second-order valence-electron chi connectivity index (χ2n) is 2.29. The van der Waals surface area contributed by atoms with E-state index >= 15 is 0 Å². The number of benzene rings is 1. The maximum atomic E-state index is 4.76. The molecule has 12 heavy (non-hydrogen) atoms. The van der Waals surface area contributed by atoms with Crippen LogP contribution in [0.15, 0.2) is 28.7 Å². The zero-order valence-electron chi connectivity index (χ0n) is 6.25. The van der Waals surface area contributed by atoms with Gasteiger partial charge >= 0.3 is 0 Å². The predicted octanol–water partition coefficient (Wildman–Crippen LogP) is 2.75. The quantitative estimate of drug-likeness (QED) is 0.628. The van der Waals surface area contributed by atoms with Crippen LogP contribution >= 0.6 is 40.8 Å². The zero-order valence-corrected chi connectivity index (χ0v) is 9.55. The van der Waals surface area contributed by atoms with Gasteiger partial charge in [0.2, 0.25) is 0 Å². The number of halogens is 1. The van der Waals surface area contributed by atoms with E-state index in [9.17, 15) is 0 Å². The van der Waals surface area contributed by atoms with Crippen molar-refractivity contribution in [2.24, 2.45) is 0 Å². The van der Waals surface area contributed by atoms with E-state index in [1.807, 2.05) is 24.3 Å². The van der Waals surface area contributed by atoms with Crippen LogP contribution in [-0.4, -0.2) is 4.32 Å². The Hall–Kier alpha value is -0.0600. The smallest absolute Gasteiger partial charge is 0.130 e. The van der Waals surface area contributed by atoms with Crippen molar-refractivity contribution in [3.05, 3.63) is 34.3 Å². The molecular weight excluding hydrogens is 254 g/mol. The molecule has 0 radical (unpaired) electrons. The summed E-state index contributed by atoms with van der Waals surface area (Å²) >= 11 is 12.1. The van der Waals surface area contributed by atoms with Gasteiger partial charge in [-0.05, 0) is 17.7 Å². The van der Waals surface area contributed by atoms with Crippen molar-refractivity contribution < 1.29 is 0 Å². The molecule has 0 aliphatic carbocycles. The first-order chi connectivity index (χ1) is 5.68. The Bertz CT molecular complexity index is 271. The first-order valence-corrected chi connectivity index (χ1v) is 5.04. The Labute approximate surface area is 91.1 Å². The van der Waals surface area contributed by atoms with Crippen molar-refractivity contribution in [2.45, 2.75) is 6.54 Å². The lowest BCUT2D eigenvalue weighted by atomic mass is 10.2. The molecule has 1 aromatic carbocycles. The molecule has 0 heterocycles. The molecule has 0 fully saturated rings. The highest BCUT2D eigenvalue weighted by atomic mass is 79.9. The fraction of sp³-hybridized carbons (Fsp3) is 0.125. The first-order valence-electron chi connectivity index (χ1n) is 3.40. The van der Waals surface area contributed by atoms with Crippen LogP contribution in [0.2, 0.25) is 0 Å². The highest BCUT2D eigenvalue weighted by molar-refractivity contribution is 9.10. The van der Waals surface area contributed by atoms with Crippen molar-refractivity contribution in [3.63, 3.8) is 0 Å². The second-order valence-corrected chi connectivity index (χ2v) is 4.36. The number of rotatable bonds is 2. The van der Waals surface area contributed by atoms with Crippen LogP contribution < -0.4 is 5.32 Å². The van der Waals surface area contributed by atoms with Gasteiger partial charge < -0.3 is 5.32 Å². The van der Waals surface area contributed by atoms with Gasteiger partial charge in [-0.25, -0.2) is 0 Å². The van der Waals surface area contributed by atoms with Crippen molar-refractivity contribution in [3.8, 4) is 0 Å². The third kappa shape index (κ3) is 3.56. The van der Waals surface area contributed by atoms with Crippen LogP contribution in [0.3, 0.4) is 0 Å². The van der Waals surface area contributed by atoms with E-state index < -0.39 is 0 Å². The van der Waals surface area contributed by atoms with Crippen LogP contribution in [-0.2, 0) is 6.54 Å². The van der Waals surface area contributed by atoms with Crippen molar-refractivity contribution in [1.82, 2.24) is 5.32 Å². The molecule has 1 N–H and O–H groups in total. The summed E-state index contributed by atoms with van der Waals surface area (Å²) in [5.74, 6) is 0.